The fraction of sp³-hybridized carbons (Fsp3) is 0.500. The third-order valence-electron chi connectivity index (χ3n) is 3.58. The number of benzene rings is 1. The third-order valence-corrected chi connectivity index (χ3v) is 4.24. The summed E-state index contributed by atoms with van der Waals surface area (Å²) in [5.41, 5.74) is 1.19. The van der Waals surface area contributed by atoms with E-state index >= 15 is 0 Å². The molecule has 0 unspecified atom stereocenters. The lowest BCUT2D eigenvalue weighted by atomic mass is 10.0. The molecule has 1 aliphatic heterocycles. The van der Waals surface area contributed by atoms with Gasteiger partial charge in [-0.1, -0.05) is 0 Å². The molecule has 1 amide bonds. The second-order valence-corrected chi connectivity index (χ2v) is 5.75. The Morgan fingerprint density at radius 2 is 1.95 bits per heavy atom. The maximum Gasteiger partial charge on any atom is 0.255 e. The first-order valence-electron chi connectivity index (χ1n) is 6.36. The lowest BCUT2D eigenvalue weighted by molar-refractivity contribution is -0.0494. The van der Waals surface area contributed by atoms with Crippen molar-refractivity contribution < 1.29 is 18.3 Å². The van der Waals surface area contributed by atoms with Crippen LogP contribution in [-0.4, -0.2) is 36.9 Å². The summed E-state index contributed by atoms with van der Waals surface area (Å²) in [5, 5.41) is 0. The standard InChI is InChI=1S/C14H16BrF2NO2/c1-9-11(20-2)4-3-10(15)12(9)13(19)18-7-5-14(16,17)6-8-18/h3-4H,5-8H2,1-2H3. The Labute approximate surface area is 125 Å². The first-order chi connectivity index (χ1) is 9.35. The SMILES string of the molecule is COc1ccc(Br)c(C(=O)N2CCC(F)(F)CC2)c1C. The number of piperidine rings is 1. The zero-order valence-corrected chi connectivity index (χ0v) is 13.0. The largest absolute Gasteiger partial charge is 0.496 e. The van der Waals surface area contributed by atoms with Crippen LogP contribution in [0.4, 0.5) is 8.78 Å². The zero-order valence-electron chi connectivity index (χ0n) is 11.4. The fourth-order valence-electron chi connectivity index (χ4n) is 2.34. The summed E-state index contributed by atoms with van der Waals surface area (Å²) in [7, 11) is 1.53. The molecule has 0 atom stereocenters. The average Bonchev–Trinajstić information content (AvgIpc) is 2.38. The third kappa shape index (κ3) is 2.95. The van der Waals surface area contributed by atoms with Gasteiger partial charge in [-0.3, -0.25) is 4.79 Å². The summed E-state index contributed by atoms with van der Waals surface area (Å²) < 4.78 is 32.2. The molecule has 1 aliphatic rings. The monoisotopic (exact) mass is 347 g/mol. The van der Waals surface area contributed by atoms with Crippen molar-refractivity contribution in [1.82, 2.24) is 4.90 Å². The van der Waals surface area contributed by atoms with Gasteiger partial charge < -0.3 is 9.64 Å². The molecule has 0 N–H and O–H groups in total. The number of nitrogens with zero attached hydrogens (tertiary/aromatic N) is 1. The Kier molecular flexibility index (Phi) is 4.32. The summed E-state index contributed by atoms with van der Waals surface area (Å²) in [4.78, 5) is 14.0. The minimum absolute atomic E-state index is 0.0783. The predicted molar refractivity (Wildman–Crippen MR) is 75.5 cm³/mol. The van der Waals surface area contributed by atoms with Crippen molar-refractivity contribution in [3.05, 3.63) is 27.7 Å². The lowest BCUT2D eigenvalue weighted by Gasteiger charge is -2.32. The molecule has 2 rings (SSSR count). The van der Waals surface area contributed by atoms with E-state index in [0.717, 1.165) is 0 Å². The van der Waals surface area contributed by atoms with Crippen LogP contribution >= 0.6 is 15.9 Å². The van der Waals surface area contributed by atoms with E-state index in [0.29, 0.717) is 21.3 Å². The smallest absolute Gasteiger partial charge is 0.255 e. The van der Waals surface area contributed by atoms with Crippen LogP contribution < -0.4 is 4.74 Å². The van der Waals surface area contributed by atoms with E-state index in [4.69, 9.17) is 4.74 Å². The molecule has 0 aromatic heterocycles. The van der Waals surface area contributed by atoms with Gasteiger partial charge in [0.25, 0.3) is 11.8 Å². The van der Waals surface area contributed by atoms with E-state index in [1.54, 1.807) is 19.1 Å². The van der Waals surface area contributed by atoms with E-state index in [9.17, 15) is 13.6 Å². The second kappa shape index (κ2) is 5.68. The molecule has 1 aromatic rings. The van der Waals surface area contributed by atoms with Gasteiger partial charge in [0.2, 0.25) is 0 Å². The van der Waals surface area contributed by atoms with Gasteiger partial charge in [-0.25, -0.2) is 8.78 Å². The zero-order chi connectivity index (χ0) is 14.9. The van der Waals surface area contributed by atoms with Crippen molar-refractivity contribution in [2.75, 3.05) is 20.2 Å². The minimum Gasteiger partial charge on any atom is -0.496 e. The number of likely N-dealkylation sites (tertiary alicyclic amines) is 1. The van der Waals surface area contributed by atoms with Crippen molar-refractivity contribution in [3.8, 4) is 5.75 Å². The average molecular weight is 348 g/mol. The number of carbonyl (C=O) groups is 1. The molecule has 1 heterocycles. The number of carbonyl (C=O) groups excluding carboxylic acids is 1. The summed E-state index contributed by atoms with van der Waals surface area (Å²) in [6.07, 6.45) is -0.557. The van der Waals surface area contributed by atoms with Gasteiger partial charge in [-0.05, 0) is 35.0 Å². The summed E-state index contributed by atoms with van der Waals surface area (Å²) >= 11 is 3.35. The second-order valence-electron chi connectivity index (χ2n) is 4.90. The molecule has 6 heteroatoms. The minimum atomic E-state index is -2.66. The highest BCUT2D eigenvalue weighted by atomic mass is 79.9. The Morgan fingerprint density at radius 3 is 2.50 bits per heavy atom. The van der Waals surface area contributed by atoms with E-state index in [-0.39, 0.29) is 31.8 Å². The van der Waals surface area contributed by atoms with Crippen molar-refractivity contribution in [2.24, 2.45) is 0 Å². The quantitative estimate of drug-likeness (QED) is 0.817. The summed E-state index contributed by atoms with van der Waals surface area (Å²) in [6.45, 7) is 1.94. The number of methoxy groups -OCH3 is 1. The van der Waals surface area contributed by atoms with Gasteiger partial charge in [-0.2, -0.15) is 0 Å². The van der Waals surface area contributed by atoms with Gasteiger partial charge in [0.15, 0.2) is 0 Å². The van der Waals surface area contributed by atoms with E-state index in [1.165, 1.54) is 12.0 Å². The Morgan fingerprint density at radius 1 is 1.35 bits per heavy atom. The van der Waals surface area contributed by atoms with Crippen molar-refractivity contribution >= 4 is 21.8 Å². The van der Waals surface area contributed by atoms with Crippen LogP contribution in [-0.2, 0) is 0 Å². The Hall–Kier alpha value is -1.17. The summed E-state index contributed by atoms with van der Waals surface area (Å²) in [6, 6.07) is 3.50. The molecule has 0 radical (unpaired) electrons. The molecule has 0 aliphatic carbocycles. The molecule has 1 aromatic carbocycles. The number of hydrogen-bond acceptors (Lipinski definition) is 2. The molecular weight excluding hydrogens is 332 g/mol. The maximum absolute atomic E-state index is 13.2. The molecule has 110 valence electrons. The van der Waals surface area contributed by atoms with Gasteiger partial charge in [0, 0.05) is 36.0 Å². The highest BCUT2D eigenvalue weighted by Gasteiger charge is 2.36. The molecule has 3 nitrogen and oxygen atoms in total. The Balaban J connectivity index is 2.26. The number of amides is 1. The normalized spacial score (nSPS) is 17.9. The first-order valence-corrected chi connectivity index (χ1v) is 7.15. The number of rotatable bonds is 2. The van der Waals surface area contributed by atoms with Crippen molar-refractivity contribution in [3.63, 3.8) is 0 Å². The molecule has 0 saturated carbocycles. The molecular formula is C14H16BrF2NO2. The van der Waals surface area contributed by atoms with Gasteiger partial charge >= 0.3 is 0 Å². The van der Waals surface area contributed by atoms with Gasteiger partial charge in [0.1, 0.15) is 5.75 Å². The van der Waals surface area contributed by atoms with Crippen LogP contribution in [0.25, 0.3) is 0 Å². The van der Waals surface area contributed by atoms with Crippen molar-refractivity contribution in [2.45, 2.75) is 25.7 Å². The first kappa shape index (κ1) is 15.2. The number of ether oxygens (including phenoxy) is 1. The predicted octanol–water partition coefficient (Wildman–Crippen LogP) is 3.64. The van der Waals surface area contributed by atoms with Gasteiger partial charge in [-0.15, -0.1) is 0 Å². The maximum atomic E-state index is 13.2. The molecule has 20 heavy (non-hydrogen) atoms. The number of halogens is 3. The number of alkyl halides is 2. The van der Waals surface area contributed by atoms with Crippen LogP contribution in [0.15, 0.2) is 16.6 Å². The lowest BCUT2D eigenvalue weighted by Crippen LogP contribution is -2.43. The Bertz CT molecular complexity index is 524. The topological polar surface area (TPSA) is 29.5 Å². The van der Waals surface area contributed by atoms with E-state index in [1.807, 2.05) is 0 Å². The number of hydrogen-bond donors (Lipinski definition) is 0. The highest BCUT2D eigenvalue weighted by molar-refractivity contribution is 9.10. The molecule has 0 bridgehead atoms. The van der Waals surface area contributed by atoms with E-state index < -0.39 is 5.92 Å². The molecule has 1 fully saturated rings. The van der Waals surface area contributed by atoms with Crippen LogP contribution in [0, 0.1) is 6.92 Å². The van der Waals surface area contributed by atoms with Crippen LogP contribution in [0.2, 0.25) is 0 Å². The van der Waals surface area contributed by atoms with Crippen LogP contribution in [0.5, 0.6) is 5.75 Å². The molecule has 0 spiro atoms. The highest BCUT2D eigenvalue weighted by Crippen LogP contribution is 2.32. The molecule has 1 saturated heterocycles. The van der Waals surface area contributed by atoms with E-state index in [2.05, 4.69) is 15.9 Å². The van der Waals surface area contributed by atoms with Crippen LogP contribution in [0.1, 0.15) is 28.8 Å². The van der Waals surface area contributed by atoms with Crippen molar-refractivity contribution in [1.29, 1.82) is 0 Å². The van der Waals surface area contributed by atoms with Crippen LogP contribution in [0.3, 0.4) is 0 Å². The summed E-state index contributed by atoms with van der Waals surface area (Å²) in [5.74, 6) is -2.28. The fourth-order valence-corrected chi connectivity index (χ4v) is 2.94. The van der Waals surface area contributed by atoms with Gasteiger partial charge in [0.05, 0.1) is 12.7 Å².